The molecule has 7 heteroatoms. The minimum atomic E-state index is -0.567. The van der Waals surface area contributed by atoms with Crippen LogP contribution in [0.25, 0.3) is 0 Å². The number of rotatable bonds is 9. The second kappa shape index (κ2) is 10.6. The highest BCUT2D eigenvalue weighted by Crippen LogP contribution is 2.25. The fourth-order valence-corrected chi connectivity index (χ4v) is 3.95. The summed E-state index contributed by atoms with van der Waals surface area (Å²) in [4.78, 5) is 16.6. The predicted molar refractivity (Wildman–Crippen MR) is 108 cm³/mol. The number of hydrogen-bond acceptors (Lipinski definition) is 6. The van der Waals surface area contributed by atoms with Crippen molar-refractivity contribution in [1.29, 1.82) is 0 Å². The van der Waals surface area contributed by atoms with E-state index in [1.165, 1.54) is 12.8 Å². The van der Waals surface area contributed by atoms with Crippen LogP contribution in [0.15, 0.2) is 24.3 Å². The third-order valence-electron chi connectivity index (χ3n) is 5.52. The Bertz CT molecular complexity index is 613. The largest absolute Gasteiger partial charge is 0.493 e. The van der Waals surface area contributed by atoms with Gasteiger partial charge in [0.15, 0.2) is 11.5 Å². The molecular weight excluding hydrogens is 358 g/mol. The van der Waals surface area contributed by atoms with Crippen molar-refractivity contribution in [3.05, 3.63) is 24.3 Å². The Hall–Kier alpha value is -1.83. The van der Waals surface area contributed by atoms with Gasteiger partial charge in [-0.2, -0.15) is 0 Å². The highest BCUT2D eigenvalue weighted by molar-refractivity contribution is 5.78. The molecule has 1 heterocycles. The van der Waals surface area contributed by atoms with E-state index in [1.807, 2.05) is 24.3 Å². The van der Waals surface area contributed by atoms with Crippen LogP contribution in [0, 0.1) is 0 Å². The van der Waals surface area contributed by atoms with Gasteiger partial charge in [0.2, 0.25) is 5.91 Å². The molecule has 1 aliphatic heterocycles. The second-order valence-electron chi connectivity index (χ2n) is 7.74. The standard InChI is InChI=1S/C21H33N3O4/c1-27-19-8-4-5-9-20(19)28-16-18(25)14-23-10-12-24(13-11-23)15-21(26)22-17-6-2-3-7-17/h4-5,8-9,17-18,25H,2-3,6-7,10-16H2,1H3,(H,22,26). The van der Waals surface area contributed by atoms with Crippen LogP contribution in [0.3, 0.4) is 0 Å². The second-order valence-corrected chi connectivity index (χ2v) is 7.74. The monoisotopic (exact) mass is 391 g/mol. The van der Waals surface area contributed by atoms with Gasteiger partial charge in [-0.25, -0.2) is 0 Å². The van der Waals surface area contributed by atoms with Gasteiger partial charge in [0.05, 0.1) is 13.7 Å². The summed E-state index contributed by atoms with van der Waals surface area (Å²) in [6, 6.07) is 7.82. The summed E-state index contributed by atoms with van der Waals surface area (Å²) in [5.74, 6) is 1.45. The van der Waals surface area contributed by atoms with Gasteiger partial charge in [0.1, 0.15) is 12.7 Å². The normalized spacial score (nSPS) is 20.1. The van der Waals surface area contributed by atoms with Gasteiger partial charge in [-0.1, -0.05) is 25.0 Å². The Labute approximate surface area is 167 Å². The van der Waals surface area contributed by atoms with E-state index in [2.05, 4.69) is 15.1 Å². The third-order valence-corrected chi connectivity index (χ3v) is 5.52. The van der Waals surface area contributed by atoms with Crippen LogP contribution in [0.5, 0.6) is 11.5 Å². The van der Waals surface area contributed by atoms with Crippen LogP contribution in [-0.2, 0) is 4.79 Å². The van der Waals surface area contributed by atoms with Gasteiger partial charge in [-0.05, 0) is 25.0 Å². The number of para-hydroxylation sites is 2. The first-order valence-corrected chi connectivity index (χ1v) is 10.3. The number of aliphatic hydroxyl groups is 1. The highest BCUT2D eigenvalue weighted by Gasteiger charge is 2.23. The number of ether oxygens (including phenoxy) is 2. The Morgan fingerprint density at radius 2 is 1.79 bits per heavy atom. The van der Waals surface area contributed by atoms with Crippen LogP contribution in [0.4, 0.5) is 0 Å². The molecule has 1 saturated carbocycles. The molecule has 1 atom stereocenters. The Morgan fingerprint density at radius 3 is 2.46 bits per heavy atom. The summed E-state index contributed by atoms with van der Waals surface area (Å²) in [7, 11) is 1.60. The average Bonchev–Trinajstić information content (AvgIpc) is 3.21. The molecule has 1 saturated heterocycles. The van der Waals surface area contributed by atoms with Gasteiger partial charge < -0.3 is 19.9 Å². The molecule has 3 rings (SSSR count). The molecule has 0 spiro atoms. The van der Waals surface area contributed by atoms with Crippen molar-refractivity contribution in [3.8, 4) is 11.5 Å². The van der Waals surface area contributed by atoms with Gasteiger partial charge in [0.25, 0.3) is 0 Å². The molecule has 7 nitrogen and oxygen atoms in total. The lowest BCUT2D eigenvalue weighted by molar-refractivity contribution is -0.123. The molecule has 0 bridgehead atoms. The number of amides is 1. The SMILES string of the molecule is COc1ccccc1OCC(O)CN1CCN(CC(=O)NC2CCCC2)CC1. The molecule has 1 aliphatic carbocycles. The smallest absolute Gasteiger partial charge is 0.234 e. The summed E-state index contributed by atoms with van der Waals surface area (Å²) in [5, 5.41) is 13.5. The lowest BCUT2D eigenvalue weighted by Crippen LogP contribution is -2.52. The van der Waals surface area contributed by atoms with E-state index in [9.17, 15) is 9.90 Å². The van der Waals surface area contributed by atoms with Crippen molar-refractivity contribution < 1.29 is 19.4 Å². The number of carbonyl (C=O) groups excluding carboxylic acids is 1. The van der Waals surface area contributed by atoms with Gasteiger partial charge >= 0.3 is 0 Å². The van der Waals surface area contributed by atoms with Crippen molar-refractivity contribution in [2.24, 2.45) is 0 Å². The maximum absolute atomic E-state index is 12.2. The Balaban J connectivity index is 1.32. The molecule has 1 aromatic rings. The Morgan fingerprint density at radius 1 is 1.14 bits per heavy atom. The van der Waals surface area contributed by atoms with Crippen molar-refractivity contribution in [2.75, 3.05) is 53.0 Å². The first kappa shape index (κ1) is 20.9. The van der Waals surface area contributed by atoms with Gasteiger partial charge in [0, 0.05) is 38.8 Å². The van der Waals surface area contributed by atoms with E-state index in [0.717, 1.165) is 39.0 Å². The molecule has 0 aromatic heterocycles. The van der Waals surface area contributed by atoms with Crippen molar-refractivity contribution in [3.63, 3.8) is 0 Å². The number of hydrogen-bond donors (Lipinski definition) is 2. The molecule has 156 valence electrons. The first-order valence-electron chi connectivity index (χ1n) is 10.3. The minimum absolute atomic E-state index is 0.144. The number of benzene rings is 1. The van der Waals surface area contributed by atoms with Crippen LogP contribution < -0.4 is 14.8 Å². The highest BCUT2D eigenvalue weighted by atomic mass is 16.5. The van der Waals surface area contributed by atoms with E-state index >= 15 is 0 Å². The van der Waals surface area contributed by atoms with E-state index in [4.69, 9.17) is 9.47 Å². The first-order chi connectivity index (χ1) is 13.6. The van der Waals surface area contributed by atoms with E-state index in [0.29, 0.717) is 30.6 Å². The molecule has 0 radical (unpaired) electrons. The van der Waals surface area contributed by atoms with E-state index in [1.54, 1.807) is 7.11 Å². The summed E-state index contributed by atoms with van der Waals surface area (Å²) < 4.78 is 11.0. The Kier molecular flexibility index (Phi) is 7.94. The molecule has 28 heavy (non-hydrogen) atoms. The van der Waals surface area contributed by atoms with Crippen LogP contribution in [-0.4, -0.2) is 85.9 Å². The number of carbonyl (C=O) groups is 1. The van der Waals surface area contributed by atoms with Crippen LogP contribution in [0.1, 0.15) is 25.7 Å². The summed E-state index contributed by atoms with van der Waals surface area (Å²) in [6.45, 7) is 4.66. The number of aliphatic hydroxyl groups excluding tert-OH is 1. The molecule has 2 aliphatic rings. The average molecular weight is 392 g/mol. The number of nitrogens with zero attached hydrogens (tertiary/aromatic N) is 2. The summed E-state index contributed by atoms with van der Waals surface area (Å²) in [5.41, 5.74) is 0. The maximum Gasteiger partial charge on any atom is 0.234 e. The zero-order chi connectivity index (χ0) is 19.8. The molecule has 1 unspecified atom stereocenters. The number of methoxy groups -OCH3 is 1. The predicted octanol–water partition coefficient (Wildman–Crippen LogP) is 1.11. The van der Waals surface area contributed by atoms with Gasteiger partial charge in [-0.15, -0.1) is 0 Å². The maximum atomic E-state index is 12.2. The fourth-order valence-electron chi connectivity index (χ4n) is 3.95. The van der Waals surface area contributed by atoms with E-state index in [-0.39, 0.29) is 12.5 Å². The molecule has 1 aromatic carbocycles. The number of piperazine rings is 1. The zero-order valence-corrected chi connectivity index (χ0v) is 16.8. The summed E-state index contributed by atoms with van der Waals surface area (Å²) in [6.07, 6.45) is 4.13. The lowest BCUT2D eigenvalue weighted by Gasteiger charge is -2.35. The topological polar surface area (TPSA) is 74.3 Å². The van der Waals surface area contributed by atoms with Gasteiger partial charge in [-0.3, -0.25) is 14.6 Å². The van der Waals surface area contributed by atoms with Crippen LogP contribution >= 0.6 is 0 Å². The lowest BCUT2D eigenvalue weighted by atomic mass is 10.2. The fraction of sp³-hybridized carbons (Fsp3) is 0.667. The minimum Gasteiger partial charge on any atom is -0.493 e. The van der Waals surface area contributed by atoms with Crippen molar-refractivity contribution >= 4 is 5.91 Å². The number of β-amino-alcohol motifs (C(OH)–C–C–N with tert-alkyl or cyclic N) is 1. The summed E-state index contributed by atoms with van der Waals surface area (Å²) >= 11 is 0. The quantitative estimate of drug-likeness (QED) is 0.657. The van der Waals surface area contributed by atoms with Crippen molar-refractivity contribution in [2.45, 2.75) is 37.8 Å². The number of nitrogens with one attached hydrogen (secondary N) is 1. The molecule has 2 fully saturated rings. The van der Waals surface area contributed by atoms with Crippen LogP contribution in [0.2, 0.25) is 0 Å². The zero-order valence-electron chi connectivity index (χ0n) is 16.8. The third kappa shape index (κ3) is 6.36. The molecule has 2 N–H and O–H groups in total. The molecular formula is C21H33N3O4. The van der Waals surface area contributed by atoms with E-state index < -0.39 is 6.10 Å². The molecule has 1 amide bonds. The van der Waals surface area contributed by atoms with Crippen molar-refractivity contribution in [1.82, 2.24) is 15.1 Å².